The molecule has 0 spiro atoms. The summed E-state index contributed by atoms with van der Waals surface area (Å²) >= 11 is 12.4. The lowest BCUT2D eigenvalue weighted by atomic mass is 10.1. The van der Waals surface area contributed by atoms with Gasteiger partial charge in [-0.3, -0.25) is 13.9 Å². The second kappa shape index (κ2) is 12.4. The van der Waals surface area contributed by atoms with Gasteiger partial charge in [0.25, 0.3) is 10.0 Å². The maximum Gasteiger partial charge on any atom is 0.264 e. The number of benzene rings is 3. The fourth-order valence-electron chi connectivity index (χ4n) is 3.83. The molecular formula is C27H29Cl2N3O4S. The van der Waals surface area contributed by atoms with Crippen LogP contribution in [0.5, 0.6) is 0 Å². The van der Waals surface area contributed by atoms with Crippen molar-refractivity contribution in [2.24, 2.45) is 0 Å². The van der Waals surface area contributed by atoms with Crippen molar-refractivity contribution in [2.75, 3.05) is 24.4 Å². The summed E-state index contributed by atoms with van der Waals surface area (Å²) in [6.45, 7) is 3.12. The average Bonchev–Trinajstić information content (AvgIpc) is 2.86. The number of rotatable bonds is 10. The fraction of sp³-hybridized carbons (Fsp3) is 0.259. The van der Waals surface area contributed by atoms with Crippen LogP contribution in [-0.4, -0.2) is 51.3 Å². The van der Waals surface area contributed by atoms with Gasteiger partial charge in [-0.15, -0.1) is 0 Å². The zero-order chi connectivity index (χ0) is 27.2. The molecule has 1 N–H and O–H groups in total. The van der Waals surface area contributed by atoms with E-state index in [1.807, 2.05) is 37.3 Å². The Morgan fingerprint density at radius 2 is 1.54 bits per heavy atom. The highest BCUT2D eigenvalue weighted by Gasteiger charge is 2.32. The molecule has 0 saturated carbocycles. The minimum absolute atomic E-state index is 0.0113. The number of aryl methyl sites for hydroxylation is 1. The summed E-state index contributed by atoms with van der Waals surface area (Å²) < 4.78 is 28.5. The SMILES string of the molecule is CNC(=O)C(C)N(CCc1ccccc1)C(=O)CN(c1cc(Cl)cc(Cl)c1)S(=O)(=O)c1ccc(C)cc1. The fourth-order valence-corrected chi connectivity index (χ4v) is 5.74. The summed E-state index contributed by atoms with van der Waals surface area (Å²) in [7, 11) is -2.70. The van der Waals surface area contributed by atoms with Crippen LogP contribution in [0.15, 0.2) is 77.7 Å². The number of hydrogen-bond donors (Lipinski definition) is 1. The molecule has 0 aliphatic rings. The van der Waals surface area contributed by atoms with Crippen LogP contribution >= 0.6 is 23.2 Å². The summed E-state index contributed by atoms with van der Waals surface area (Å²) in [4.78, 5) is 27.6. The van der Waals surface area contributed by atoms with Gasteiger partial charge < -0.3 is 10.2 Å². The molecule has 0 saturated heterocycles. The number of halogens is 2. The Hall–Kier alpha value is -3.07. The Kier molecular flexibility index (Phi) is 9.59. The van der Waals surface area contributed by atoms with Gasteiger partial charge in [-0.05, 0) is 56.2 Å². The van der Waals surface area contributed by atoms with E-state index >= 15 is 0 Å². The van der Waals surface area contributed by atoms with E-state index in [9.17, 15) is 18.0 Å². The first kappa shape index (κ1) is 28.5. The normalized spacial score (nSPS) is 12.0. The number of carbonyl (C=O) groups is 2. The van der Waals surface area contributed by atoms with E-state index in [4.69, 9.17) is 23.2 Å². The smallest absolute Gasteiger partial charge is 0.264 e. The molecule has 1 atom stereocenters. The average molecular weight is 563 g/mol. The maximum absolute atomic E-state index is 13.8. The van der Waals surface area contributed by atoms with E-state index in [-0.39, 0.29) is 33.1 Å². The van der Waals surface area contributed by atoms with Crippen molar-refractivity contribution in [3.8, 4) is 0 Å². The number of likely N-dealkylation sites (N-methyl/N-ethyl adjacent to an activating group) is 1. The Morgan fingerprint density at radius 3 is 2.11 bits per heavy atom. The highest BCUT2D eigenvalue weighted by Crippen LogP contribution is 2.30. The Bertz CT molecular complexity index is 1330. The standard InChI is InChI=1S/C27H29Cl2N3O4S/c1-19-9-11-25(12-10-19)37(35,36)32(24-16-22(28)15-23(29)17-24)18-26(33)31(20(2)27(34)30-3)14-13-21-7-5-4-6-8-21/h4-12,15-17,20H,13-14,18H2,1-3H3,(H,30,34). The van der Waals surface area contributed by atoms with Gasteiger partial charge >= 0.3 is 0 Å². The van der Waals surface area contributed by atoms with E-state index in [2.05, 4.69) is 5.32 Å². The largest absolute Gasteiger partial charge is 0.357 e. The Labute approximate surface area is 228 Å². The molecule has 3 aromatic rings. The lowest BCUT2D eigenvalue weighted by Crippen LogP contribution is -2.51. The van der Waals surface area contributed by atoms with Crippen molar-refractivity contribution in [1.29, 1.82) is 0 Å². The van der Waals surface area contributed by atoms with Gasteiger partial charge in [0, 0.05) is 23.6 Å². The second-order valence-electron chi connectivity index (χ2n) is 8.57. The number of hydrogen-bond acceptors (Lipinski definition) is 4. The van der Waals surface area contributed by atoms with E-state index in [1.165, 1.54) is 42.3 Å². The summed E-state index contributed by atoms with van der Waals surface area (Å²) in [5.41, 5.74) is 2.01. The molecule has 10 heteroatoms. The molecule has 196 valence electrons. The highest BCUT2D eigenvalue weighted by atomic mass is 35.5. The second-order valence-corrected chi connectivity index (χ2v) is 11.3. The lowest BCUT2D eigenvalue weighted by Gasteiger charge is -2.32. The third kappa shape index (κ3) is 7.25. The Morgan fingerprint density at radius 1 is 0.946 bits per heavy atom. The first-order chi connectivity index (χ1) is 17.5. The molecule has 0 heterocycles. The van der Waals surface area contributed by atoms with E-state index in [0.717, 1.165) is 15.4 Å². The van der Waals surface area contributed by atoms with Crippen LogP contribution in [0.2, 0.25) is 10.0 Å². The predicted molar refractivity (Wildman–Crippen MR) is 148 cm³/mol. The number of sulfonamides is 1. The van der Waals surface area contributed by atoms with Gasteiger partial charge in [0.05, 0.1) is 10.6 Å². The molecule has 37 heavy (non-hydrogen) atoms. The molecule has 0 aliphatic carbocycles. The van der Waals surface area contributed by atoms with Crippen LogP contribution in [-0.2, 0) is 26.0 Å². The van der Waals surface area contributed by atoms with Crippen LogP contribution < -0.4 is 9.62 Å². The van der Waals surface area contributed by atoms with Crippen LogP contribution in [0, 0.1) is 6.92 Å². The zero-order valence-corrected chi connectivity index (χ0v) is 23.1. The number of nitrogens with zero attached hydrogens (tertiary/aromatic N) is 2. The molecule has 0 aliphatic heterocycles. The minimum Gasteiger partial charge on any atom is -0.357 e. The predicted octanol–water partition coefficient (Wildman–Crippen LogP) is 4.70. The molecule has 0 fully saturated rings. The van der Waals surface area contributed by atoms with Gasteiger partial charge in [0.2, 0.25) is 11.8 Å². The molecule has 7 nitrogen and oxygen atoms in total. The topological polar surface area (TPSA) is 86.8 Å². The van der Waals surface area contributed by atoms with Crippen molar-refractivity contribution in [3.05, 3.63) is 94.0 Å². The summed E-state index contributed by atoms with van der Waals surface area (Å²) in [5.74, 6) is -0.904. The minimum atomic E-state index is -4.18. The number of nitrogens with one attached hydrogen (secondary N) is 1. The number of anilines is 1. The van der Waals surface area contributed by atoms with Crippen molar-refractivity contribution in [2.45, 2.75) is 31.2 Å². The first-order valence-corrected chi connectivity index (χ1v) is 13.8. The monoisotopic (exact) mass is 561 g/mol. The van der Waals surface area contributed by atoms with Crippen molar-refractivity contribution in [3.63, 3.8) is 0 Å². The van der Waals surface area contributed by atoms with Gasteiger partial charge in [-0.25, -0.2) is 8.42 Å². The van der Waals surface area contributed by atoms with E-state index < -0.39 is 28.5 Å². The van der Waals surface area contributed by atoms with Gasteiger partial charge in [-0.1, -0.05) is 71.2 Å². The van der Waals surface area contributed by atoms with Gasteiger partial charge in [0.1, 0.15) is 12.6 Å². The summed E-state index contributed by atoms with van der Waals surface area (Å²) in [6.07, 6.45) is 0.488. The van der Waals surface area contributed by atoms with Gasteiger partial charge in [-0.2, -0.15) is 0 Å². The Balaban J connectivity index is 2.01. The maximum atomic E-state index is 13.8. The molecule has 3 rings (SSSR count). The quantitative estimate of drug-likeness (QED) is 0.388. The van der Waals surface area contributed by atoms with Crippen molar-refractivity contribution >= 4 is 50.7 Å². The number of carbonyl (C=O) groups excluding carboxylic acids is 2. The van der Waals surface area contributed by atoms with Crippen molar-refractivity contribution < 1.29 is 18.0 Å². The first-order valence-electron chi connectivity index (χ1n) is 11.6. The van der Waals surface area contributed by atoms with E-state index in [1.54, 1.807) is 19.1 Å². The molecule has 3 aromatic carbocycles. The molecule has 2 amide bonds. The van der Waals surface area contributed by atoms with Gasteiger partial charge in [0.15, 0.2) is 0 Å². The molecule has 0 bridgehead atoms. The highest BCUT2D eigenvalue weighted by molar-refractivity contribution is 7.92. The molecule has 0 radical (unpaired) electrons. The van der Waals surface area contributed by atoms with Crippen LogP contribution in [0.25, 0.3) is 0 Å². The third-order valence-corrected chi connectivity index (χ3v) is 8.15. The third-order valence-electron chi connectivity index (χ3n) is 5.92. The summed E-state index contributed by atoms with van der Waals surface area (Å²) in [5, 5.41) is 3.00. The van der Waals surface area contributed by atoms with Crippen LogP contribution in [0.4, 0.5) is 5.69 Å². The van der Waals surface area contributed by atoms with Crippen LogP contribution in [0.3, 0.4) is 0 Å². The van der Waals surface area contributed by atoms with Crippen molar-refractivity contribution in [1.82, 2.24) is 10.2 Å². The zero-order valence-electron chi connectivity index (χ0n) is 20.8. The number of amides is 2. The molecular weight excluding hydrogens is 533 g/mol. The van der Waals surface area contributed by atoms with Crippen LogP contribution in [0.1, 0.15) is 18.1 Å². The summed E-state index contributed by atoms with van der Waals surface area (Å²) in [6, 6.07) is 19.4. The molecule has 1 unspecified atom stereocenters. The molecule has 0 aromatic heterocycles. The lowest BCUT2D eigenvalue weighted by molar-refractivity contribution is -0.138. The van der Waals surface area contributed by atoms with E-state index in [0.29, 0.717) is 6.42 Å².